The quantitative estimate of drug-likeness (QED) is 0.0528. The summed E-state index contributed by atoms with van der Waals surface area (Å²) in [6.45, 7) is 36.5. The SMILES string of the molecule is C=CC=C(C=C(C)CC)C(=C)CCC=C(CC(C)CC(C)CC(CCCCC(C)c1cccc(C(=C)C)c1)CC(C)C)CC1C=CC2C(C=C1C)C2C1CCC1C. The van der Waals surface area contributed by atoms with Gasteiger partial charge in [-0.2, -0.15) is 0 Å². The summed E-state index contributed by atoms with van der Waals surface area (Å²) in [5.41, 5.74) is 11.0. The van der Waals surface area contributed by atoms with E-state index in [1.54, 1.807) is 11.1 Å². The fourth-order valence-corrected chi connectivity index (χ4v) is 10.7. The molecule has 3 aliphatic rings. The number of rotatable bonds is 25. The van der Waals surface area contributed by atoms with Crippen LogP contribution in [0.4, 0.5) is 0 Å². The second kappa shape index (κ2) is 23.1. The number of hydrogen-bond acceptors (Lipinski definition) is 0. The maximum atomic E-state index is 4.54. The van der Waals surface area contributed by atoms with Crippen LogP contribution in [0.1, 0.15) is 176 Å². The predicted octanol–water partition coefficient (Wildman–Crippen LogP) is 17.7. The summed E-state index contributed by atoms with van der Waals surface area (Å²) in [6.07, 6.45) is 34.8. The molecule has 0 amide bonds. The normalized spacial score (nSPS) is 25.8. The van der Waals surface area contributed by atoms with E-state index in [0.29, 0.717) is 17.8 Å². The van der Waals surface area contributed by atoms with E-state index in [9.17, 15) is 0 Å². The Morgan fingerprint density at radius 2 is 1.67 bits per heavy atom. The van der Waals surface area contributed by atoms with Crippen molar-refractivity contribution in [3.8, 4) is 0 Å². The lowest BCUT2D eigenvalue weighted by molar-refractivity contribution is 0.160. The standard InChI is InChI=1S/C57H86/c1-14-20-51(35-41(7)15-2)45(11)22-18-24-49(37-53-28-30-55-56(36-47(53)13)57(55)54-29-27-46(54)12)34-43(9)32-42(8)33-48(31-39(3)4)23-17-16-21-44(10)52-26-19-25-50(38-52)40(5)6/h14,19-20,24-26,28,30,35-36,38-39,42-44,46,48,53-57H,1,5,11,15-18,21-23,27,29,31-34,37H2,2-4,6-10,12-13H3. The van der Waals surface area contributed by atoms with Gasteiger partial charge in [0, 0.05) is 5.92 Å². The Balaban J connectivity index is 1.36. The zero-order chi connectivity index (χ0) is 41.6. The van der Waals surface area contributed by atoms with E-state index in [2.05, 4.69) is 150 Å². The van der Waals surface area contributed by atoms with Gasteiger partial charge in [-0.3, -0.25) is 0 Å². The van der Waals surface area contributed by atoms with Gasteiger partial charge in [0.2, 0.25) is 0 Å². The van der Waals surface area contributed by atoms with E-state index < -0.39 is 0 Å². The highest BCUT2D eigenvalue weighted by molar-refractivity contribution is 5.62. The molecule has 0 heteroatoms. The largest absolute Gasteiger partial charge is 0.0990 e. The summed E-state index contributed by atoms with van der Waals surface area (Å²) in [5.74, 6) is 8.59. The van der Waals surface area contributed by atoms with Gasteiger partial charge in [-0.05, 0) is 166 Å². The fourth-order valence-electron chi connectivity index (χ4n) is 10.7. The zero-order valence-corrected chi connectivity index (χ0v) is 38.7. The van der Waals surface area contributed by atoms with Crippen LogP contribution in [-0.4, -0.2) is 0 Å². The minimum Gasteiger partial charge on any atom is -0.0990 e. The molecule has 2 saturated carbocycles. The molecular formula is C57H86. The second-order valence-corrected chi connectivity index (χ2v) is 20.2. The molecule has 4 rings (SSSR count). The summed E-state index contributed by atoms with van der Waals surface area (Å²) in [6, 6.07) is 9.07. The molecule has 0 spiro atoms. The number of benzene rings is 1. The van der Waals surface area contributed by atoms with Crippen LogP contribution in [0.5, 0.6) is 0 Å². The van der Waals surface area contributed by atoms with Gasteiger partial charge in [0.1, 0.15) is 0 Å². The first kappa shape index (κ1) is 46.8. The van der Waals surface area contributed by atoms with E-state index in [4.69, 9.17) is 0 Å². The summed E-state index contributed by atoms with van der Waals surface area (Å²) in [4.78, 5) is 0. The topological polar surface area (TPSA) is 0 Å². The van der Waals surface area contributed by atoms with Crippen molar-refractivity contribution in [2.75, 3.05) is 0 Å². The lowest BCUT2D eigenvalue weighted by Crippen LogP contribution is -2.26. The van der Waals surface area contributed by atoms with E-state index in [1.807, 2.05) is 6.08 Å². The van der Waals surface area contributed by atoms with Crippen LogP contribution >= 0.6 is 0 Å². The zero-order valence-electron chi connectivity index (χ0n) is 38.7. The third kappa shape index (κ3) is 14.7. The highest BCUT2D eigenvalue weighted by atomic mass is 14.6. The molecular weight excluding hydrogens is 685 g/mol. The van der Waals surface area contributed by atoms with Crippen molar-refractivity contribution in [3.63, 3.8) is 0 Å². The van der Waals surface area contributed by atoms with Crippen molar-refractivity contribution in [2.24, 2.45) is 59.2 Å². The molecule has 0 aliphatic heterocycles. The van der Waals surface area contributed by atoms with Crippen LogP contribution in [0.2, 0.25) is 0 Å². The maximum absolute atomic E-state index is 4.54. The average Bonchev–Trinajstić information content (AvgIpc) is 3.85. The predicted molar refractivity (Wildman–Crippen MR) is 255 cm³/mol. The van der Waals surface area contributed by atoms with Crippen molar-refractivity contribution < 1.29 is 0 Å². The minimum atomic E-state index is 0.538. The summed E-state index contributed by atoms with van der Waals surface area (Å²) in [7, 11) is 0. The maximum Gasteiger partial charge on any atom is 0.00113 e. The molecule has 314 valence electrons. The lowest BCUT2D eigenvalue weighted by atomic mass is 9.71. The van der Waals surface area contributed by atoms with Crippen LogP contribution < -0.4 is 0 Å². The Hall–Kier alpha value is -2.86. The molecule has 0 heterocycles. The Morgan fingerprint density at radius 1 is 0.912 bits per heavy atom. The summed E-state index contributed by atoms with van der Waals surface area (Å²) < 4.78 is 0. The monoisotopic (exact) mass is 771 g/mol. The number of fused-ring (bicyclic) bond motifs is 1. The average molecular weight is 771 g/mol. The van der Waals surface area contributed by atoms with Gasteiger partial charge in [-0.1, -0.05) is 183 Å². The van der Waals surface area contributed by atoms with Crippen molar-refractivity contribution in [2.45, 2.75) is 165 Å². The van der Waals surface area contributed by atoms with Gasteiger partial charge < -0.3 is 0 Å². The highest BCUT2D eigenvalue weighted by Crippen LogP contribution is 2.61. The van der Waals surface area contributed by atoms with E-state index in [-0.39, 0.29) is 0 Å². The van der Waals surface area contributed by atoms with E-state index in [1.165, 1.54) is 98.5 Å². The Labute approximate surface area is 354 Å². The van der Waals surface area contributed by atoms with E-state index >= 15 is 0 Å². The van der Waals surface area contributed by atoms with Crippen LogP contribution in [-0.2, 0) is 0 Å². The molecule has 2 fully saturated rings. The lowest BCUT2D eigenvalue weighted by Gasteiger charge is -2.34. The number of unbranched alkanes of at least 4 members (excludes halogenated alkanes) is 1. The summed E-state index contributed by atoms with van der Waals surface area (Å²) in [5, 5.41) is 0. The Bertz CT molecular complexity index is 1610. The Morgan fingerprint density at radius 3 is 2.32 bits per heavy atom. The van der Waals surface area contributed by atoms with Crippen molar-refractivity contribution in [3.05, 3.63) is 126 Å². The second-order valence-electron chi connectivity index (χ2n) is 20.2. The van der Waals surface area contributed by atoms with Crippen molar-refractivity contribution in [1.29, 1.82) is 0 Å². The molecule has 10 atom stereocenters. The number of hydrogen-bond donors (Lipinski definition) is 0. The first-order valence-corrected chi connectivity index (χ1v) is 23.7. The van der Waals surface area contributed by atoms with Crippen molar-refractivity contribution in [1.82, 2.24) is 0 Å². The molecule has 57 heavy (non-hydrogen) atoms. The molecule has 0 N–H and O–H groups in total. The van der Waals surface area contributed by atoms with Crippen molar-refractivity contribution >= 4 is 5.57 Å². The minimum absolute atomic E-state index is 0.538. The molecule has 0 saturated heterocycles. The van der Waals surface area contributed by atoms with Gasteiger partial charge in [0.25, 0.3) is 0 Å². The smallest absolute Gasteiger partial charge is 0.00113 e. The molecule has 0 nitrogen and oxygen atoms in total. The molecule has 0 radical (unpaired) electrons. The molecule has 0 aromatic heterocycles. The molecule has 10 unspecified atom stereocenters. The third-order valence-corrected chi connectivity index (χ3v) is 14.4. The van der Waals surface area contributed by atoms with Crippen LogP contribution in [0.15, 0.2) is 114 Å². The van der Waals surface area contributed by atoms with Gasteiger partial charge >= 0.3 is 0 Å². The van der Waals surface area contributed by atoms with Gasteiger partial charge in [-0.15, -0.1) is 0 Å². The van der Waals surface area contributed by atoms with Gasteiger partial charge in [0.05, 0.1) is 0 Å². The summed E-state index contributed by atoms with van der Waals surface area (Å²) >= 11 is 0. The molecule has 0 bridgehead atoms. The van der Waals surface area contributed by atoms with Gasteiger partial charge in [0.15, 0.2) is 0 Å². The van der Waals surface area contributed by atoms with Gasteiger partial charge in [-0.25, -0.2) is 0 Å². The Kier molecular flexibility index (Phi) is 18.9. The number of allylic oxidation sites excluding steroid dienone is 13. The van der Waals surface area contributed by atoms with E-state index in [0.717, 1.165) is 72.2 Å². The van der Waals surface area contributed by atoms with Crippen LogP contribution in [0.25, 0.3) is 5.57 Å². The molecule has 3 aliphatic carbocycles. The van der Waals surface area contributed by atoms with Crippen LogP contribution in [0.3, 0.4) is 0 Å². The molecule has 1 aromatic carbocycles. The third-order valence-electron chi connectivity index (χ3n) is 14.4. The fraction of sp³-hybridized carbons (Fsp3) is 0.614. The highest BCUT2D eigenvalue weighted by Gasteiger charge is 2.54. The molecule has 1 aromatic rings. The first-order valence-electron chi connectivity index (χ1n) is 23.7. The first-order chi connectivity index (χ1) is 27.2. The van der Waals surface area contributed by atoms with Crippen LogP contribution in [0, 0.1) is 59.2 Å².